The number of benzene rings is 2. The molecule has 1 unspecified atom stereocenters. The van der Waals surface area contributed by atoms with Gasteiger partial charge >= 0.3 is 0 Å². The summed E-state index contributed by atoms with van der Waals surface area (Å²) in [6.45, 7) is 0.621. The van der Waals surface area contributed by atoms with Gasteiger partial charge in [0.05, 0.1) is 21.5 Å². The molecule has 3 N–H and O–H groups in total. The van der Waals surface area contributed by atoms with Crippen molar-refractivity contribution in [2.45, 2.75) is 44.6 Å². The number of amides is 2. The first kappa shape index (κ1) is 28.2. The number of fused-ring (bicyclic) bond motifs is 3. The molecule has 40 heavy (non-hydrogen) atoms. The number of carbonyl (C=O) groups is 2. The summed E-state index contributed by atoms with van der Waals surface area (Å²) >= 11 is 9.07. The minimum absolute atomic E-state index is 0.180. The van der Waals surface area contributed by atoms with Crippen molar-refractivity contribution in [2.24, 2.45) is 0 Å². The highest BCUT2D eigenvalue weighted by molar-refractivity contribution is 7.99. The third-order valence-corrected chi connectivity index (χ3v) is 8.88. The predicted octanol–water partition coefficient (Wildman–Crippen LogP) is 6.06. The zero-order chi connectivity index (χ0) is 27.9. The molecule has 0 aliphatic heterocycles. The standard InChI is InChI=1S/C30H30ClN5O2S2/c1-2-16-39-18-25(29(38)36-30-35-23-10-5-6-11-26(23)40-30)34-27(37)12-7-15-32-28-20-8-3-4-9-22(20)33-24-17-19(31)13-14-21(24)28/h1,5-6,10-11,13-14,17,25H,3-4,7-9,12,15-16,18H2,(H,32,33)(H,34,37)(H,35,36,38). The fraction of sp³-hybridized carbons (Fsp3) is 0.333. The Bertz CT molecular complexity index is 1550. The number of carbonyl (C=O) groups excluding carboxylic acids is 2. The van der Waals surface area contributed by atoms with Gasteiger partial charge in [-0.1, -0.05) is 41.0 Å². The lowest BCUT2D eigenvalue weighted by Crippen LogP contribution is -2.45. The molecule has 1 aliphatic carbocycles. The van der Waals surface area contributed by atoms with E-state index in [0.29, 0.717) is 34.6 Å². The minimum Gasteiger partial charge on any atom is -0.384 e. The average molecular weight is 592 g/mol. The van der Waals surface area contributed by atoms with Gasteiger partial charge < -0.3 is 16.0 Å². The SMILES string of the molecule is C#CCSCC(NC(=O)CCCNc1c2c(nc3cc(Cl)ccc13)CCCC2)C(=O)Nc1nc2ccccc2s1. The Morgan fingerprint density at radius 3 is 2.83 bits per heavy atom. The molecule has 2 amide bonds. The highest BCUT2D eigenvalue weighted by Gasteiger charge is 2.22. The number of halogens is 1. The maximum Gasteiger partial charge on any atom is 0.249 e. The molecular formula is C30H30ClN5O2S2. The molecule has 0 spiro atoms. The van der Waals surface area contributed by atoms with Gasteiger partial charge in [0, 0.05) is 40.5 Å². The number of hydrogen-bond donors (Lipinski definition) is 3. The molecule has 10 heteroatoms. The van der Waals surface area contributed by atoms with E-state index in [4.69, 9.17) is 23.0 Å². The Kier molecular flexibility index (Phi) is 9.42. The van der Waals surface area contributed by atoms with Crippen LogP contribution in [0.5, 0.6) is 0 Å². The van der Waals surface area contributed by atoms with Gasteiger partial charge in [0.15, 0.2) is 5.13 Å². The zero-order valence-electron chi connectivity index (χ0n) is 22.0. The number of nitrogens with one attached hydrogen (secondary N) is 3. The quantitative estimate of drug-likeness (QED) is 0.145. The summed E-state index contributed by atoms with van der Waals surface area (Å²) in [7, 11) is 0. The highest BCUT2D eigenvalue weighted by Crippen LogP contribution is 2.34. The summed E-state index contributed by atoms with van der Waals surface area (Å²) in [5, 5.41) is 11.6. The molecule has 1 atom stereocenters. The molecule has 5 rings (SSSR count). The molecule has 4 aromatic rings. The summed E-state index contributed by atoms with van der Waals surface area (Å²) in [6.07, 6.45) is 10.5. The van der Waals surface area contributed by atoms with Crippen LogP contribution in [0.25, 0.3) is 21.1 Å². The Morgan fingerprint density at radius 1 is 1.12 bits per heavy atom. The lowest BCUT2D eigenvalue weighted by Gasteiger charge is -2.22. The third-order valence-electron chi connectivity index (χ3n) is 6.75. The number of pyridine rings is 1. The lowest BCUT2D eigenvalue weighted by molar-refractivity contribution is -0.126. The number of hydrogen-bond acceptors (Lipinski definition) is 7. The molecule has 1 aliphatic rings. The van der Waals surface area contributed by atoms with Crippen molar-refractivity contribution >= 4 is 78.5 Å². The average Bonchev–Trinajstić information content (AvgIpc) is 3.36. The molecule has 206 valence electrons. The monoisotopic (exact) mass is 591 g/mol. The fourth-order valence-corrected chi connectivity index (χ4v) is 6.61. The smallest absolute Gasteiger partial charge is 0.249 e. The van der Waals surface area contributed by atoms with Gasteiger partial charge in [-0.2, -0.15) is 0 Å². The first-order valence-corrected chi connectivity index (χ1v) is 15.7. The summed E-state index contributed by atoms with van der Waals surface area (Å²) in [5.41, 5.74) is 5.20. The topological polar surface area (TPSA) is 96.0 Å². The molecule has 2 aromatic heterocycles. The molecule has 2 aromatic carbocycles. The van der Waals surface area contributed by atoms with Gasteiger partial charge in [0.25, 0.3) is 0 Å². The molecule has 0 bridgehead atoms. The number of thiazole rings is 1. The second kappa shape index (κ2) is 13.4. The van der Waals surface area contributed by atoms with Crippen molar-refractivity contribution in [1.82, 2.24) is 15.3 Å². The summed E-state index contributed by atoms with van der Waals surface area (Å²) in [6, 6.07) is 12.8. The van der Waals surface area contributed by atoms with Crippen molar-refractivity contribution < 1.29 is 9.59 Å². The number of thioether (sulfide) groups is 1. The van der Waals surface area contributed by atoms with Gasteiger partial charge in [0.1, 0.15) is 6.04 Å². The third kappa shape index (κ3) is 6.87. The van der Waals surface area contributed by atoms with E-state index in [9.17, 15) is 9.59 Å². The molecule has 0 saturated carbocycles. The van der Waals surface area contributed by atoms with Crippen molar-refractivity contribution in [3.05, 3.63) is 58.7 Å². The molecular weight excluding hydrogens is 562 g/mol. The first-order chi connectivity index (χ1) is 19.5. The summed E-state index contributed by atoms with van der Waals surface area (Å²) < 4.78 is 0.985. The first-order valence-electron chi connectivity index (χ1n) is 13.3. The van der Waals surface area contributed by atoms with Crippen LogP contribution in [0.4, 0.5) is 10.8 Å². The van der Waals surface area contributed by atoms with Crippen molar-refractivity contribution in [1.29, 1.82) is 0 Å². The Morgan fingerprint density at radius 2 is 1.98 bits per heavy atom. The van der Waals surface area contributed by atoms with Crippen molar-refractivity contribution in [3.8, 4) is 12.3 Å². The molecule has 0 radical (unpaired) electrons. The van der Waals surface area contributed by atoms with E-state index in [-0.39, 0.29) is 18.2 Å². The second-order valence-corrected chi connectivity index (χ2v) is 12.1. The van der Waals surface area contributed by atoms with Crippen molar-refractivity contribution in [2.75, 3.05) is 28.7 Å². The van der Waals surface area contributed by atoms with Crippen LogP contribution in [0, 0.1) is 12.3 Å². The maximum absolute atomic E-state index is 13.1. The molecule has 0 fully saturated rings. The van der Waals surface area contributed by atoms with Crippen LogP contribution in [-0.4, -0.2) is 45.9 Å². The predicted molar refractivity (Wildman–Crippen MR) is 167 cm³/mol. The van der Waals surface area contributed by atoms with Crippen LogP contribution in [-0.2, 0) is 22.4 Å². The number of aryl methyl sites for hydroxylation is 1. The van der Waals surface area contributed by atoms with Crippen LogP contribution >= 0.6 is 34.7 Å². The van der Waals surface area contributed by atoms with E-state index in [2.05, 4.69) is 26.9 Å². The maximum atomic E-state index is 13.1. The normalized spacial score (nSPS) is 13.4. The van der Waals surface area contributed by atoms with Gasteiger partial charge in [-0.05, 0) is 68.0 Å². The second-order valence-electron chi connectivity index (χ2n) is 9.63. The number of anilines is 2. The lowest BCUT2D eigenvalue weighted by atomic mass is 9.92. The van der Waals surface area contributed by atoms with E-state index in [0.717, 1.165) is 58.2 Å². The summed E-state index contributed by atoms with van der Waals surface area (Å²) in [4.78, 5) is 35.3. The molecule has 0 saturated heterocycles. The van der Waals surface area contributed by atoms with Crippen molar-refractivity contribution in [3.63, 3.8) is 0 Å². The minimum atomic E-state index is -0.716. The van der Waals surface area contributed by atoms with E-state index in [1.165, 1.54) is 28.7 Å². The van der Waals surface area contributed by atoms with Gasteiger partial charge in [-0.25, -0.2) is 4.98 Å². The van der Waals surface area contributed by atoms with Crippen LogP contribution in [0.1, 0.15) is 36.9 Å². The molecule has 7 nitrogen and oxygen atoms in total. The van der Waals surface area contributed by atoms with Gasteiger partial charge in [0.2, 0.25) is 11.8 Å². The summed E-state index contributed by atoms with van der Waals surface area (Å²) in [5.74, 6) is 2.92. The fourth-order valence-electron chi connectivity index (χ4n) is 4.87. The van der Waals surface area contributed by atoms with Crippen LogP contribution < -0.4 is 16.0 Å². The number of nitrogens with zero attached hydrogens (tertiary/aromatic N) is 2. The number of aromatic nitrogens is 2. The van der Waals surface area contributed by atoms with E-state index in [1.54, 1.807) is 0 Å². The Labute approximate surface area is 246 Å². The number of terminal acetylenes is 1. The van der Waals surface area contributed by atoms with Gasteiger partial charge in [-0.15, -0.1) is 18.2 Å². The van der Waals surface area contributed by atoms with E-state index < -0.39 is 6.04 Å². The van der Waals surface area contributed by atoms with Crippen LogP contribution in [0.3, 0.4) is 0 Å². The van der Waals surface area contributed by atoms with E-state index >= 15 is 0 Å². The Hall–Kier alpha value is -3.32. The van der Waals surface area contributed by atoms with Gasteiger partial charge in [-0.3, -0.25) is 14.6 Å². The molecule has 2 heterocycles. The van der Waals surface area contributed by atoms with Crippen LogP contribution in [0.2, 0.25) is 5.02 Å². The zero-order valence-corrected chi connectivity index (χ0v) is 24.4. The van der Waals surface area contributed by atoms with Crippen LogP contribution in [0.15, 0.2) is 42.5 Å². The van der Waals surface area contributed by atoms with E-state index in [1.807, 2.05) is 42.5 Å². The number of rotatable bonds is 11. The Balaban J connectivity index is 1.19. The largest absolute Gasteiger partial charge is 0.384 e. The number of para-hydroxylation sites is 1. The highest BCUT2D eigenvalue weighted by atomic mass is 35.5.